The van der Waals surface area contributed by atoms with Gasteiger partial charge in [-0.15, -0.1) is 0 Å². The molecule has 0 aromatic heterocycles. The van der Waals surface area contributed by atoms with E-state index < -0.39 is 76.6 Å². The number of esters is 1. The summed E-state index contributed by atoms with van der Waals surface area (Å²) in [6, 6.07) is 4.42. The van der Waals surface area contributed by atoms with Gasteiger partial charge in [0.1, 0.15) is 24.2 Å². The van der Waals surface area contributed by atoms with Crippen molar-refractivity contribution in [2.45, 2.75) is 125 Å². The predicted molar refractivity (Wildman–Crippen MR) is 186 cm³/mol. The molecule has 5 amide bonds. The second-order valence-corrected chi connectivity index (χ2v) is 16.2. The molecule has 6 atom stereocenters. The minimum atomic E-state index is -1.11. The van der Waals surface area contributed by atoms with Gasteiger partial charge in [-0.1, -0.05) is 105 Å². The van der Waals surface area contributed by atoms with Crippen LogP contribution in [0.1, 0.15) is 106 Å². The van der Waals surface area contributed by atoms with Crippen molar-refractivity contribution in [3.63, 3.8) is 0 Å². The predicted octanol–water partition coefficient (Wildman–Crippen LogP) is 4.02. The number of hydrogen-bond donors (Lipinski definition) is 4. The van der Waals surface area contributed by atoms with Crippen LogP contribution in [0.5, 0.6) is 0 Å². The lowest BCUT2D eigenvalue weighted by Crippen LogP contribution is -2.62. The normalized spacial score (nSPS) is 20.7. The molecule has 0 radical (unpaired) electrons. The topological polar surface area (TPSA) is 177 Å². The van der Waals surface area contributed by atoms with E-state index in [-0.39, 0.29) is 24.3 Å². The van der Waals surface area contributed by atoms with E-state index in [9.17, 15) is 28.8 Å². The third kappa shape index (κ3) is 10.3. The average Bonchev–Trinajstić information content (AvgIpc) is 3.44. The highest BCUT2D eigenvalue weighted by Gasteiger charge is 2.48. The SMILES string of the molecule is CC(C)[C@H]1CCN(C(=O)[C@@H](NC(=O)N[C@H](C(=O)O[C@@H](C)c2ccccc2)C(C)(C)C)C(C)(C)C)[C@@H]1C(=O)NC(CC1CCC1)C(=O)C(N)=O. The summed E-state index contributed by atoms with van der Waals surface area (Å²) < 4.78 is 5.75. The summed E-state index contributed by atoms with van der Waals surface area (Å²) in [7, 11) is 0. The number of benzene rings is 1. The molecular weight excluding hydrogens is 626 g/mol. The minimum absolute atomic E-state index is 0.0200. The maximum Gasteiger partial charge on any atom is 0.329 e. The molecule has 272 valence electrons. The number of ketones is 1. The highest BCUT2D eigenvalue weighted by molar-refractivity contribution is 6.37. The number of nitrogens with two attached hydrogens (primary N) is 1. The molecule has 2 fully saturated rings. The summed E-state index contributed by atoms with van der Waals surface area (Å²) in [6.07, 6.45) is 3.14. The lowest BCUT2D eigenvalue weighted by Gasteiger charge is -2.38. The van der Waals surface area contributed by atoms with Crippen LogP contribution >= 0.6 is 0 Å². The summed E-state index contributed by atoms with van der Waals surface area (Å²) in [5.41, 5.74) is 4.62. The highest BCUT2D eigenvalue weighted by Crippen LogP contribution is 2.35. The molecule has 2 aliphatic rings. The smallest absolute Gasteiger partial charge is 0.329 e. The van der Waals surface area contributed by atoms with Gasteiger partial charge in [-0.3, -0.25) is 19.2 Å². The molecule has 12 heteroatoms. The van der Waals surface area contributed by atoms with Crippen molar-refractivity contribution >= 4 is 35.5 Å². The first-order valence-electron chi connectivity index (χ1n) is 17.5. The van der Waals surface area contributed by atoms with Crippen LogP contribution in [0.3, 0.4) is 0 Å². The second kappa shape index (κ2) is 16.2. The molecule has 0 spiro atoms. The summed E-state index contributed by atoms with van der Waals surface area (Å²) >= 11 is 0. The molecule has 1 aromatic rings. The average molecular weight is 684 g/mol. The van der Waals surface area contributed by atoms with Gasteiger partial charge in [-0.25, -0.2) is 9.59 Å². The Morgan fingerprint density at radius 1 is 0.857 bits per heavy atom. The Morgan fingerprint density at radius 2 is 1.43 bits per heavy atom. The molecule has 3 rings (SSSR count). The van der Waals surface area contributed by atoms with E-state index in [0.717, 1.165) is 24.8 Å². The van der Waals surface area contributed by atoms with Crippen LogP contribution < -0.4 is 21.7 Å². The fourth-order valence-electron chi connectivity index (χ4n) is 6.60. The number of nitrogens with one attached hydrogen (secondary N) is 3. The quantitative estimate of drug-likeness (QED) is 0.179. The Bertz CT molecular complexity index is 1360. The number of urea groups is 1. The zero-order chi connectivity index (χ0) is 36.8. The monoisotopic (exact) mass is 683 g/mol. The summed E-state index contributed by atoms with van der Waals surface area (Å²) in [4.78, 5) is 81.4. The molecule has 1 aliphatic carbocycles. The van der Waals surface area contributed by atoms with Crippen LogP contribution in [0.2, 0.25) is 0 Å². The first kappa shape index (κ1) is 39.5. The van der Waals surface area contributed by atoms with Crippen LogP contribution in [0, 0.1) is 28.6 Å². The van der Waals surface area contributed by atoms with E-state index in [4.69, 9.17) is 10.5 Å². The van der Waals surface area contributed by atoms with Crippen LogP contribution in [0.4, 0.5) is 4.79 Å². The molecule has 1 saturated heterocycles. The molecule has 0 bridgehead atoms. The lowest BCUT2D eigenvalue weighted by atomic mass is 9.80. The van der Waals surface area contributed by atoms with Gasteiger partial charge in [0, 0.05) is 6.54 Å². The Morgan fingerprint density at radius 3 is 1.92 bits per heavy atom. The van der Waals surface area contributed by atoms with Gasteiger partial charge in [-0.2, -0.15) is 0 Å². The van der Waals surface area contributed by atoms with E-state index in [2.05, 4.69) is 16.0 Å². The van der Waals surface area contributed by atoms with Crippen molar-refractivity contribution in [1.29, 1.82) is 0 Å². The van der Waals surface area contributed by atoms with Crippen molar-refractivity contribution in [3.05, 3.63) is 35.9 Å². The van der Waals surface area contributed by atoms with Gasteiger partial charge in [0.15, 0.2) is 0 Å². The third-order valence-electron chi connectivity index (χ3n) is 9.85. The van der Waals surface area contributed by atoms with Crippen molar-refractivity contribution in [2.75, 3.05) is 6.54 Å². The number of carbonyl (C=O) groups excluding carboxylic acids is 6. The summed E-state index contributed by atoms with van der Waals surface area (Å²) in [5, 5.41) is 8.32. The zero-order valence-corrected chi connectivity index (χ0v) is 30.6. The Kier molecular flexibility index (Phi) is 13.0. The number of primary amides is 1. The van der Waals surface area contributed by atoms with E-state index in [1.54, 1.807) is 48.5 Å². The molecule has 49 heavy (non-hydrogen) atoms. The van der Waals surface area contributed by atoms with E-state index in [0.29, 0.717) is 12.8 Å². The fraction of sp³-hybridized carbons (Fsp3) is 0.676. The lowest BCUT2D eigenvalue weighted by molar-refractivity contribution is -0.153. The summed E-state index contributed by atoms with van der Waals surface area (Å²) in [5.74, 6) is -3.56. The van der Waals surface area contributed by atoms with Gasteiger partial charge in [-0.05, 0) is 53.9 Å². The molecule has 1 unspecified atom stereocenters. The van der Waals surface area contributed by atoms with Crippen molar-refractivity contribution in [1.82, 2.24) is 20.9 Å². The number of carbonyl (C=O) groups is 6. The zero-order valence-electron chi connectivity index (χ0n) is 30.6. The van der Waals surface area contributed by atoms with Gasteiger partial charge in [0.2, 0.25) is 17.6 Å². The van der Waals surface area contributed by atoms with Gasteiger partial charge < -0.3 is 31.3 Å². The Balaban J connectivity index is 1.82. The molecule has 1 aliphatic heterocycles. The van der Waals surface area contributed by atoms with Crippen LogP contribution in [0.25, 0.3) is 0 Å². The number of amides is 5. The van der Waals surface area contributed by atoms with Crippen molar-refractivity contribution in [2.24, 2.45) is 34.3 Å². The molecule has 1 saturated carbocycles. The number of nitrogens with zero attached hydrogens (tertiary/aromatic N) is 1. The van der Waals surface area contributed by atoms with Gasteiger partial charge in [0.05, 0.1) is 6.04 Å². The molecular formula is C37H57N5O7. The molecule has 5 N–H and O–H groups in total. The number of hydrogen-bond acceptors (Lipinski definition) is 7. The highest BCUT2D eigenvalue weighted by atomic mass is 16.5. The fourth-order valence-corrected chi connectivity index (χ4v) is 6.60. The van der Waals surface area contributed by atoms with E-state index >= 15 is 0 Å². The van der Waals surface area contributed by atoms with Crippen molar-refractivity contribution in [3.8, 4) is 0 Å². The third-order valence-corrected chi connectivity index (χ3v) is 9.85. The molecule has 12 nitrogen and oxygen atoms in total. The number of Topliss-reactive ketones (excluding diaryl/α,β-unsaturated/α-hetero) is 1. The standard InChI is InChI=1S/C37H57N5O7/c1-21(2)25-18-19-42(27(25)32(45)39-26(28(43)31(38)44)20-23-14-13-15-23)33(46)29(36(4,5)6)40-35(48)41-30(37(7,8)9)34(47)49-22(3)24-16-11-10-12-17-24/h10-12,16-17,21-23,25-27,29-30H,13-15,18-20H2,1-9H3,(H2,38,44)(H,39,45)(H2,40,41,48)/t22-,25+,26?,27-,29+,30+/m0/s1. The molecule has 1 heterocycles. The van der Waals surface area contributed by atoms with Crippen LogP contribution in [-0.2, 0) is 28.7 Å². The first-order valence-corrected chi connectivity index (χ1v) is 17.5. The second-order valence-electron chi connectivity index (χ2n) is 16.2. The van der Waals surface area contributed by atoms with Crippen LogP contribution in [-0.4, -0.2) is 71.1 Å². The minimum Gasteiger partial charge on any atom is -0.456 e. The number of rotatable bonds is 13. The van der Waals surface area contributed by atoms with Gasteiger partial charge >= 0.3 is 12.0 Å². The Labute approximate surface area is 291 Å². The number of likely N-dealkylation sites (tertiary alicyclic amines) is 1. The van der Waals surface area contributed by atoms with E-state index in [1.807, 2.05) is 44.2 Å². The van der Waals surface area contributed by atoms with Crippen LogP contribution in [0.15, 0.2) is 30.3 Å². The number of ether oxygens (including phenoxy) is 1. The first-order chi connectivity index (χ1) is 22.7. The van der Waals surface area contributed by atoms with Gasteiger partial charge in [0.25, 0.3) is 5.91 Å². The largest absolute Gasteiger partial charge is 0.456 e. The Hall–Kier alpha value is -3.96. The maximum atomic E-state index is 14.4. The van der Waals surface area contributed by atoms with E-state index in [1.165, 1.54) is 4.90 Å². The maximum absolute atomic E-state index is 14.4. The van der Waals surface area contributed by atoms with Crippen molar-refractivity contribution < 1.29 is 33.5 Å². The summed E-state index contributed by atoms with van der Waals surface area (Å²) in [6.45, 7) is 16.8. The molecule has 1 aromatic carbocycles.